The molecule has 4 rings (SSSR count). The normalized spacial score (nSPS) is 18.2. The fraction of sp³-hybridized carbons (Fsp3) is 0.591. The second-order valence-corrected chi connectivity index (χ2v) is 8.28. The zero-order valence-electron chi connectivity index (χ0n) is 18.1. The Morgan fingerprint density at radius 1 is 1.07 bits per heavy atom. The number of rotatable bonds is 4. The van der Waals surface area contributed by atoms with E-state index in [4.69, 9.17) is 4.74 Å². The van der Waals surface area contributed by atoms with Gasteiger partial charge in [-0.1, -0.05) is 23.4 Å². The highest BCUT2D eigenvalue weighted by Gasteiger charge is 2.29. The molecule has 164 valence electrons. The van der Waals surface area contributed by atoms with Crippen molar-refractivity contribution in [1.82, 2.24) is 25.2 Å². The molecule has 1 aromatic carbocycles. The van der Waals surface area contributed by atoms with E-state index < -0.39 is 0 Å². The van der Waals surface area contributed by atoms with Gasteiger partial charge in [0, 0.05) is 25.9 Å². The van der Waals surface area contributed by atoms with Crippen molar-refractivity contribution in [1.29, 1.82) is 0 Å². The smallest absolute Gasteiger partial charge is 0.276 e. The molecule has 0 atom stereocenters. The van der Waals surface area contributed by atoms with Gasteiger partial charge in [0.15, 0.2) is 5.69 Å². The second kappa shape index (κ2) is 9.79. The Hall–Kier alpha value is -2.12. The van der Waals surface area contributed by atoms with E-state index in [2.05, 4.69) is 47.7 Å². The third-order valence-electron chi connectivity index (χ3n) is 6.21. The van der Waals surface area contributed by atoms with Crippen LogP contribution in [0.1, 0.15) is 59.0 Å². The molecule has 1 aromatic heterocycles. The van der Waals surface area contributed by atoms with Crippen LogP contribution < -0.4 is 10.1 Å². The molecule has 0 bridgehead atoms. The van der Waals surface area contributed by atoms with Gasteiger partial charge >= 0.3 is 0 Å². The third-order valence-corrected chi connectivity index (χ3v) is 6.21. The molecule has 7 nitrogen and oxygen atoms in total. The molecule has 1 N–H and O–H groups in total. The van der Waals surface area contributed by atoms with Crippen molar-refractivity contribution in [2.24, 2.45) is 0 Å². The number of aromatic nitrogens is 3. The van der Waals surface area contributed by atoms with E-state index in [-0.39, 0.29) is 24.4 Å². The molecule has 0 spiro atoms. The maximum absolute atomic E-state index is 13.0. The van der Waals surface area contributed by atoms with E-state index >= 15 is 0 Å². The standard InChI is InChI=1S/C22H31N5O2.ClH/c1-15-5-4-6-16(2)21(15)29-19-9-13-26(14-10-19)22(28)20-17(3)27(25-24-20)18-7-11-23-12-8-18;/h4-6,18-19,23H,7-14H2,1-3H3;1H. The summed E-state index contributed by atoms with van der Waals surface area (Å²) in [5, 5.41) is 11.9. The van der Waals surface area contributed by atoms with Crippen LogP contribution in [0, 0.1) is 20.8 Å². The number of likely N-dealkylation sites (tertiary alicyclic amines) is 1. The van der Waals surface area contributed by atoms with Crippen molar-refractivity contribution in [3.8, 4) is 5.75 Å². The number of ether oxygens (including phenoxy) is 1. The van der Waals surface area contributed by atoms with Gasteiger partial charge < -0.3 is 15.0 Å². The number of aryl methyl sites for hydroxylation is 2. The monoisotopic (exact) mass is 433 g/mol. The predicted molar refractivity (Wildman–Crippen MR) is 119 cm³/mol. The molecule has 30 heavy (non-hydrogen) atoms. The molecule has 8 heteroatoms. The van der Waals surface area contributed by atoms with Gasteiger partial charge in [-0.3, -0.25) is 4.79 Å². The average molecular weight is 434 g/mol. The Bertz CT molecular complexity index is 850. The number of benzene rings is 1. The summed E-state index contributed by atoms with van der Waals surface area (Å²) in [6.45, 7) is 9.47. The molecule has 0 radical (unpaired) electrons. The van der Waals surface area contributed by atoms with E-state index in [0.717, 1.165) is 61.3 Å². The van der Waals surface area contributed by atoms with E-state index in [1.54, 1.807) is 0 Å². The maximum Gasteiger partial charge on any atom is 0.276 e. The van der Waals surface area contributed by atoms with Gasteiger partial charge in [0.2, 0.25) is 0 Å². The molecule has 0 saturated carbocycles. The van der Waals surface area contributed by atoms with Crippen LogP contribution in [0.15, 0.2) is 18.2 Å². The Morgan fingerprint density at radius 3 is 2.33 bits per heavy atom. The maximum atomic E-state index is 13.0. The van der Waals surface area contributed by atoms with Crippen LogP contribution in [-0.2, 0) is 0 Å². The fourth-order valence-corrected chi connectivity index (χ4v) is 4.41. The Kier molecular flexibility index (Phi) is 7.36. The van der Waals surface area contributed by atoms with Crippen LogP contribution >= 0.6 is 12.4 Å². The van der Waals surface area contributed by atoms with Crippen LogP contribution in [0.5, 0.6) is 5.75 Å². The first-order valence-corrected chi connectivity index (χ1v) is 10.7. The van der Waals surface area contributed by atoms with E-state index in [9.17, 15) is 4.79 Å². The quantitative estimate of drug-likeness (QED) is 0.801. The number of hydrogen-bond donors (Lipinski definition) is 1. The number of amides is 1. The largest absolute Gasteiger partial charge is 0.490 e. The molecule has 1 amide bonds. The average Bonchev–Trinajstić information content (AvgIpc) is 3.13. The number of hydrogen-bond acceptors (Lipinski definition) is 5. The first kappa shape index (κ1) is 22.6. The highest BCUT2D eigenvalue weighted by molar-refractivity contribution is 5.93. The predicted octanol–water partition coefficient (Wildman–Crippen LogP) is 3.23. The van der Waals surface area contributed by atoms with Crippen LogP contribution in [0.25, 0.3) is 0 Å². The van der Waals surface area contributed by atoms with Crippen LogP contribution in [0.3, 0.4) is 0 Å². The SMILES string of the molecule is Cc1cccc(C)c1OC1CCN(C(=O)c2nnn(C3CCNCC3)c2C)CC1.Cl. The van der Waals surface area contributed by atoms with E-state index in [1.165, 1.54) is 0 Å². The summed E-state index contributed by atoms with van der Waals surface area (Å²) in [7, 11) is 0. The van der Waals surface area contributed by atoms with Gasteiger partial charge in [0.05, 0.1) is 11.7 Å². The highest BCUT2D eigenvalue weighted by Crippen LogP contribution is 2.27. The number of carbonyl (C=O) groups is 1. The molecule has 0 unspecified atom stereocenters. The van der Waals surface area contributed by atoms with Crippen molar-refractivity contribution >= 4 is 18.3 Å². The molecule has 3 heterocycles. The molecule has 2 aliphatic rings. The Balaban J connectivity index is 0.00000256. The van der Waals surface area contributed by atoms with Gasteiger partial charge in [-0.15, -0.1) is 17.5 Å². The zero-order valence-corrected chi connectivity index (χ0v) is 18.9. The fourth-order valence-electron chi connectivity index (χ4n) is 4.41. The van der Waals surface area contributed by atoms with Gasteiger partial charge in [-0.2, -0.15) is 0 Å². The number of para-hydroxylation sites is 1. The summed E-state index contributed by atoms with van der Waals surface area (Å²) >= 11 is 0. The van der Waals surface area contributed by atoms with Crippen molar-refractivity contribution in [3.05, 3.63) is 40.7 Å². The summed E-state index contributed by atoms with van der Waals surface area (Å²) in [5.74, 6) is 0.978. The molecule has 2 saturated heterocycles. The Labute approximate surface area is 184 Å². The van der Waals surface area contributed by atoms with Gasteiger partial charge in [0.25, 0.3) is 5.91 Å². The van der Waals surface area contributed by atoms with Crippen molar-refractivity contribution in [2.45, 2.75) is 58.6 Å². The topological polar surface area (TPSA) is 72.3 Å². The molecular formula is C22H32ClN5O2. The number of nitrogens with one attached hydrogen (secondary N) is 1. The third kappa shape index (κ3) is 4.62. The molecule has 0 aliphatic carbocycles. The van der Waals surface area contributed by atoms with Gasteiger partial charge in [-0.25, -0.2) is 4.68 Å². The van der Waals surface area contributed by atoms with E-state index in [0.29, 0.717) is 24.8 Å². The summed E-state index contributed by atoms with van der Waals surface area (Å²) in [6.07, 6.45) is 3.87. The van der Waals surface area contributed by atoms with Gasteiger partial charge in [-0.05, 0) is 57.8 Å². The number of carbonyl (C=O) groups excluding carboxylic acids is 1. The summed E-state index contributed by atoms with van der Waals surface area (Å²) in [5.41, 5.74) is 3.70. The Morgan fingerprint density at radius 2 is 1.70 bits per heavy atom. The number of halogens is 1. The lowest BCUT2D eigenvalue weighted by molar-refractivity contribution is 0.0587. The summed E-state index contributed by atoms with van der Waals surface area (Å²) in [6, 6.07) is 6.55. The minimum absolute atomic E-state index is 0. The lowest BCUT2D eigenvalue weighted by Crippen LogP contribution is -2.42. The summed E-state index contributed by atoms with van der Waals surface area (Å²) in [4.78, 5) is 14.9. The zero-order chi connectivity index (χ0) is 20.4. The van der Waals surface area contributed by atoms with Crippen LogP contribution in [0.2, 0.25) is 0 Å². The first-order valence-electron chi connectivity index (χ1n) is 10.7. The first-order chi connectivity index (χ1) is 14.0. The lowest BCUT2D eigenvalue weighted by Gasteiger charge is -2.32. The van der Waals surface area contributed by atoms with Gasteiger partial charge in [0.1, 0.15) is 11.9 Å². The highest BCUT2D eigenvalue weighted by atomic mass is 35.5. The second-order valence-electron chi connectivity index (χ2n) is 8.28. The van der Waals surface area contributed by atoms with Crippen LogP contribution in [0.4, 0.5) is 0 Å². The van der Waals surface area contributed by atoms with Crippen molar-refractivity contribution in [3.63, 3.8) is 0 Å². The van der Waals surface area contributed by atoms with Crippen LogP contribution in [-0.4, -0.2) is 58.1 Å². The minimum atomic E-state index is -0.00629. The van der Waals surface area contributed by atoms with E-state index in [1.807, 2.05) is 16.5 Å². The molecule has 2 fully saturated rings. The van der Waals surface area contributed by atoms with Crippen molar-refractivity contribution < 1.29 is 9.53 Å². The number of nitrogens with zero attached hydrogens (tertiary/aromatic N) is 4. The lowest BCUT2D eigenvalue weighted by atomic mass is 10.1. The van der Waals surface area contributed by atoms with Crippen molar-refractivity contribution in [2.75, 3.05) is 26.2 Å². The minimum Gasteiger partial charge on any atom is -0.490 e. The number of piperidine rings is 2. The molecular weight excluding hydrogens is 402 g/mol. The summed E-state index contributed by atoms with van der Waals surface area (Å²) < 4.78 is 8.23. The molecule has 2 aliphatic heterocycles. The molecule has 2 aromatic rings.